The molecule has 180 valence electrons. The van der Waals surface area contributed by atoms with Crippen molar-refractivity contribution in [1.82, 2.24) is 9.55 Å². The summed E-state index contributed by atoms with van der Waals surface area (Å²) in [6.07, 6.45) is -0.369. The first-order valence-corrected chi connectivity index (χ1v) is 11.8. The zero-order valence-electron chi connectivity index (χ0n) is 19.9. The van der Waals surface area contributed by atoms with Gasteiger partial charge in [-0.15, -0.1) is 0 Å². The molecule has 0 bridgehead atoms. The molecular formula is C28H29N3O4. The number of hydrogen-bond donors (Lipinski definition) is 1. The van der Waals surface area contributed by atoms with Crippen molar-refractivity contribution in [1.29, 1.82) is 0 Å². The van der Waals surface area contributed by atoms with Crippen molar-refractivity contribution in [3.05, 3.63) is 84.2 Å². The largest absolute Gasteiger partial charge is 0.497 e. The number of carbonyl (C=O) groups is 1. The van der Waals surface area contributed by atoms with E-state index >= 15 is 0 Å². The first-order valence-electron chi connectivity index (χ1n) is 11.8. The molecule has 0 aliphatic carbocycles. The zero-order chi connectivity index (χ0) is 24.4. The Balaban J connectivity index is 1.37. The van der Waals surface area contributed by atoms with Crippen LogP contribution in [0.25, 0.3) is 11.0 Å². The molecule has 0 radical (unpaired) electrons. The predicted octanol–water partition coefficient (Wildman–Crippen LogP) is 4.31. The minimum atomic E-state index is -0.735. The predicted molar refractivity (Wildman–Crippen MR) is 135 cm³/mol. The van der Waals surface area contributed by atoms with Crippen molar-refractivity contribution >= 4 is 22.6 Å². The number of amides is 1. The summed E-state index contributed by atoms with van der Waals surface area (Å²) in [7, 11) is 1.62. The van der Waals surface area contributed by atoms with E-state index in [1.54, 1.807) is 12.0 Å². The molecule has 1 aliphatic heterocycles. The number of para-hydroxylation sites is 3. The van der Waals surface area contributed by atoms with Gasteiger partial charge in [0, 0.05) is 24.6 Å². The SMILES string of the molecule is COc1ccc(N2C[C@@H](c3nc4ccccc4n3C[C@H](O)COc3ccccc3C)CC2=O)cc1. The lowest BCUT2D eigenvalue weighted by Crippen LogP contribution is -2.26. The molecule has 0 saturated carbocycles. The summed E-state index contributed by atoms with van der Waals surface area (Å²) in [5, 5.41) is 10.9. The second kappa shape index (κ2) is 9.80. The van der Waals surface area contributed by atoms with Gasteiger partial charge in [0.25, 0.3) is 0 Å². The molecule has 4 aromatic rings. The molecule has 5 rings (SSSR count). The minimum absolute atomic E-state index is 0.0576. The van der Waals surface area contributed by atoms with Gasteiger partial charge in [-0.1, -0.05) is 30.3 Å². The second-order valence-electron chi connectivity index (χ2n) is 8.90. The monoisotopic (exact) mass is 471 g/mol. The third kappa shape index (κ3) is 4.72. The Hall–Kier alpha value is -3.84. The molecule has 0 unspecified atom stereocenters. The second-order valence-corrected chi connectivity index (χ2v) is 8.90. The molecule has 2 atom stereocenters. The Morgan fingerprint density at radius 3 is 2.57 bits per heavy atom. The Kier molecular flexibility index (Phi) is 6.42. The lowest BCUT2D eigenvalue weighted by atomic mass is 10.1. The molecule has 1 saturated heterocycles. The van der Waals surface area contributed by atoms with Gasteiger partial charge >= 0.3 is 0 Å². The normalized spacial score (nSPS) is 16.6. The number of imidazole rings is 1. The van der Waals surface area contributed by atoms with E-state index in [4.69, 9.17) is 14.5 Å². The van der Waals surface area contributed by atoms with Crippen molar-refractivity contribution in [2.75, 3.05) is 25.2 Å². The molecule has 1 N–H and O–H groups in total. The maximum absolute atomic E-state index is 12.9. The van der Waals surface area contributed by atoms with Gasteiger partial charge in [0.2, 0.25) is 5.91 Å². The van der Waals surface area contributed by atoms with Crippen LogP contribution in [0.1, 0.15) is 23.7 Å². The summed E-state index contributed by atoms with van der Waals surface area (Å²) in [5.74, 6) is 2.30. The van der Waals surface area contributed by atoms with Crippen LogP contribution in [0.4, 0.5) is 5.69 Å². The summed E-state index contributed by atoms with van der Waals surface area (Å²) in [5.41, 5.74) is 3.65. The quantitative estimate of drug-likeness (QED) is 0.414. The van der Waals surface area contributed by atoms with Gasteiger partial charge in [-0.3, -0.25) is 4.79 Å². The van der Waals surface area contributed by atoms with Crippen LogP contribution in [0.5, 0.6) is 11.5 Å². The van der Waals surface area contributed by atoms with Crippen LogP contribution in [0, 0.1) is 6.92 Å². The van der Waals surface area contributed by atoms with E-state index in [9.17, 15) is 9.90 Å². The molecule has 7 heteroatoms. The molecule has 0 spiro atoms. The molecule has 1 fully saturated rings. The van der Waals surface area contributed by atoms with Crippen LogP contribution in [0.3, 0.4) is 0 Å². The van der Waals surface area contributed by atoms with E-state index in [1.807, 2.05) is 84.3 Å². The Morgan fingerprint density at radius 2 is 1.80 bits per heavy atom. The summed E-state index contributed by atoms with van der Waals surface area (Å²) in [4.78, 5) is 19.6. The third-order valence-corrected chi connectivity index (χ3v) is 6.48. The van der Waals surface area contributed by atoms with Crippen LogP contribution in [-0.2, 0) is 11.3 Å². The Morgan fingerprint density at radius 1 is 1.06 bits per heavy atom. The minimum Gasteiger partial charge on any atom is -0.497 e. The number of ether oxygens (including phenoxy) is 2. The topological polar surface area (TPSA) is 76.8 Å². The molecule has 1 amide bonds. The number of carbonyl (C=O) groups excluding carboxylic acids is 1. The van der Waals surface area contributed by atoms with Crippen LogP contribution < -0.4 is 14.4 Å². The molecule has 3 aromatic carbocycles. The fourth-order valence-electron chi connectivity index (χ4n) is 4.66. The smallest absolute Gasteiger partial charge is 0.227 e. The fourth-order valence-corrected chi connectivity index (χ4v) is 4.66. The number of aryl methyl sites for hydroxylation is 1. The van der Waals surface area contributed by atoms with Gasteiger partial charge in [-0.25, -0.2) is 4.98 Å². The number of fused-ring (bicyclic) bond motifs is 1. The van der Waals surface area contributed by atoms with Gasteiger partial charge in [-0.2, -0.15) is 0 Å². The van der Waals surface area contributed by atoms with E-state index in [-0.39, 0.29) is 18.4 Å². The van der Waals surface area contributed by atoms with Crippen LogP contribution in [-0.4, -0.2) is 46.9 Å². The number of benzene rings is 3. The van der Waals surface area contributed by atoms with Crippen molar-refractivity contribution in [3.8, 4) is 11.5 Å². The summed E-state index contributed by atoms with van der Waals surface area (Å²) in [6.45, 7) is 3.01. The standard InChI is InChI=1S/C28H29N3O4/c1-19-7-3-6-10-26(19)35-18-22(32)17-31-25-9-5-4-8-24(25)29-28(31)20-15-27(33)30(16-20)21-11-13-23(34-2)14-12-21/h3-14,20,22,32H,15-18H2,1-2H3/t20-,22-/m0/s1. The zero-order valence-corrected chi connectivity index (χ0v) is 19.9. The van der Waals surface area contributed by atoms with Crippen molar-refractivity contribution in [2.24, 2.45) is 0 Å². The average molecular weight is 472 g/mol. The van der Waals surface area contributed by atoms with Crippen molar-refractivity contribution in [2.45, 2.75) is 31.9 Å². The number of aromatic nitrogens is 2. The highest BCUT2D eigenvalue weighted by molar-refractivity contribution is 5.96. The van der Waals surface area contributed by atoms with Crippen molar-refractivity contribution < 1.29 is 19.4 Å². The molecule has 35 heavy (non-hydrogen) atoms. The fraction of sp³-hybridized carbons (Fsp3) is 0.286. The van der Waals surface area contributed by atoms with E-state index in [0.717, 1.165) is 39.6 Å². The number of nitrogens with zero attached hydrogens (tertiary/aromatic N) is 3. The van der Waals surface area contributed by atoms with Crippen LogP contribution in [0.15, 0.2) is 72.8 Å². The van der Waals surface area contributed by atoms with E-state index < -0.39 is 6.10 Å². The third-order valence-electron chi connectivity index (χ3n) is 6.48. The first-order chi connectivity index (χ1) is 17.0. The first kappa shape index (κ1) is 22.9. The van der Waals surface area contributed by atoms with E-state index in [1.165, 1.54) is 0 Å². The van der Waals surface area contributed by atoms with Gasteiger partial charge in [-0.05, 0) is 55.0 Å². The number of rotatable bonds is 8. The van der Waals surface area contributed by atoms with Gasteiger partial charge in [0.1, 0.15) is 30.0 Å². The maximum Gasteiger partial charge on any atom is 0.227 e. The molecule has 7 nitrogen and oxygen atoms in total. The van der Waals surface area contributed by atoms with E-state index in [0.29, 0.717) is 19.5 Å². The number of hydrogen-bond acceptors (Lipinski definition) is 5. The van der Waals surface area contributed by atoms with Crippen LogP contribution >= 0.6 is 0 Å². The maximum atomic E-state index is 12.9. The molecule has 1 aliphatic rings. The van der Waals surface area contributed by atoms with Gasteiger partial charge in [0.05, 0.1) is 24.7 Å². The molecule has 1 aromatic heterocycles. The van der Waals surface area contributed by atoms with Crippen LogP contribution in [0.2, 0.25) is 0 Å². The highest BCUT2D eigenvalue weighted by Gasteiger charge is 2.35. The highest BCUT2D eigenvalue weighted by atomic mass is 16.5. The number of anilines is 1. The highest BCUT2D eigenvalue weighted by Crippen LogP contribution is 2.34. The Bertz CT molecular complexity index is 1330. The number of aliphatic hydroxyl groups excluding tert-OH is 1. The Labute approximate surface area is 204 Å². The molecular weight excluding hydrogens is 442 g/mol. The lowest BCUT2D eigenvalue weighted by molar-refractivity contribution is -0.117. The van der Waals surface area contributed by atoms with Crippen molar-refractivity contribution in [3.63, 3.8) is 0 Å². The number of aliphatic hydroxyl groups is 1. The molecule has 2 heterocycles. The average Bonchev–Trinajstić information content (AvgIpc) is 3.44. The van der Waals surface area contributed by atoms with E-state index in [2.05, 4.69) is 0 Å². The summed E-state index contributed by atoms with van der Waals surface area (Å²) < 4.78 is 13.2. The van der Waals surface area contributed by atoms with Gasteiger partial charge < -0.3 is 24.0 Å². The number of methoxy groups -OCH3 is 1. The summed E-state index contributed by atoms with van der Waals surface area (Å²) >= 11 is 0. The van der Waals surface area contributed by atoms with Gasteiger partial charge in [0.15, 0.2) is 0 Å². The summed E-state index contributed by atoms with van der Waals surface area (Å²) in [6, 6.07) is 23.1. The lowest BCUT2D eigenvalue weighted by Gasteiger charge is -2.19.